The second-order valence-corrected chi connectivity index (χ2v) is 7.66. The van der Waals surface area contributed by atoms with Crippen LogP contribution >= 0.6 is 23.2 Å². The lowest BCUT2D eigenvalue weighted by Gasteiger charge is -2.13. The molecule has 1 heterocycles. The van der Waals surface area contributed by atoms with Crippen molar-refractivity contribution in [3.05, 3.63) is 51.5 Å². The maximum atomic E-state index is 12.6. The minimum Gasteiger partial charge on any atom is -0.374 e. The molecule has 0 fully saturated rings. The van der Waals surface area contributed by atoms with Crippen molar-refractivity contribution in [2.75, 3.05) is 11.1 Å². The van der Waals surface area contributed by atoms with Gasteiger partial charge in [0, 0.05) is 0 Å². The quantitative estimate of drug-likeness (QED) is 0.599. The molecule has 0 aliphatic heterocycles. The van der Waals surface area contributed by atoms with E-state index >= 15 is 0 Å². The third-order valence-corrected chi connectivity index (χ3v) is 4.86. The van der Waals surface area contributed by atoms with Gasteiger partial charge in [0.25, 0.3) is 0 Å². The number of carbonyl (C=O) groups excluding carboxylic acids is 1. The number of para-hydroxylation sites is 1. The normalized spacial score (nSPS) is 11.4. The summed E-state index contributed by atoms with van der Waals surface area (Å²) < 4.78 is 7.22. The summed E-state index contributed by atoms with van der Waals surface area (Å²) in [4.78, 5) is 17.0. The van der Waals surface area contributed by atoms with E-state index in [4.69, 9.17) is 33.7 Å². The van der Waals surface area contributed by atoms with E-state index in [0.29, 0.717) is 22.3 Å². The zero-order chi connectivity index (χ0) is 20.4. The number of hydrogen-bond donors (Lipinski definition) is 2. The Balaban J connectivity index is 1.79. The Morgan fingerprint density at radius 2 is 1.96 bits per heavy atom. The van der Waals surface area contributed by atoms with Gasteiger partial charge in [-0.1, -0.05) is 35.3 Å². The Morgan fingerprint density at radius 1 is 1.29 bits per heavy atom. The number of imidazole rings is 1. The van der Waals surface area contributed by atoms with Crippen molar-refractivity contribution in [3.8, 4) is 0 Å². The van der Waals surface area contributed by atoms with Crippen molar-refractivity contribution in [3.63, 3.8) is 0 Å². The van der Waals surface area contributed by atoms with Gasteiger partial charge in [-0.15, -0.1) is 0 Å². The zero-order valence-corrected chi connectivity index (χ0v) is 17.4. The number of ether oxygens (including phenoxy) is 1. The first kappa shape index (κ1) is 20.5. The molecule has 0 aliphatic rings. The number of fused-ring (bicyclic) bond motifs is 1. The number of anilines is 2. The van der Waals surface area contributed by atoms with Crippen molar-refractivity contribution in [2.24, 2.45) is 0 Å². The lowest BCUT2D eigenvalue weighted by Crippen LogP contribution is -2.20. The van der Waals surface area contributed by atoms with E-state index in [0.717, 1.165) is 22.2 Å². The van der Waals surface area contributed by atoms with Gasteiger partial charge in [0.2, 0.25) is 11.9 Å². The Labute approximate surface area is 173 Å². The van der Waals surface area contributed by atoms with E-state index in [-0.39, 0.29) is 24.5 Å². The third kappa shape index (κ3) is 4.41. The highest BCUT2D eigenvalue weighted by Gasteiger charge is 2.16. The SMILES string of the molecule is Cc1cccc2c1nc(N)n2CC(=O)Nc1c(Cl)cc(COC(C)C)cc1Cl. The Morgan fingerprint density at radius 3 is 2.61 bits per heavy atom. The largest absolute Gasteiger partial charge is 0.374 e. The Bertz CT molecular complexity index is 1010. The van der Waals surface area contributed by atoms with Gasteiger partial charge >= 0.3 is 0 Å². The zero-order valence-electron chi connectivity index (χ0n) is 15.9. The number of nitrogens with zero attached hydrogens (tertiary/aromatic N) is 2. The molecule has 0 unspecified atom stereocenters. The van der Waals surface area contributed by atoms with Crippen LogP contribution in [0.5, 0.6) is 0 Å². The number of nitrogens with one attached hydrogen (secondary N) is 1. The number of hydrogen-bond acceptors (Lipinski definition) is 4. The van der Waals surface area contributed by atoms with Gasteiger partial charge in [-0.05, 0) is 50.1 Å². The Kier molecular flexibility index (Phi) is 6.13. The minimum absolute atomic E-state index is 0.00332. The molecule has 0 spiro atoms. The van der Waals surface area contributed by atoms with Crippen molar-refractivity contribution >= 4 is 51.8 Å². The lowest BCUT2D eigenvalue weighted by atomic mass is 10.2. The van der Waals surface area contributed by atoms with Crippen LogP contribution < -0.4 is 11.1 Å². The molecule has 1 aromatic heterocycles. The van der Waals surface area contributed by atoms with E-state index in [1.165, 1.54) is 0 Å². The highest BCUT2D eigenvalue weighted by atomic mass is 35.5. The van der Waals surface area contributed by atoms with E-state index in [1.54, 1.807) is 16.7 Å². The summed E-state index contributed by atoms with van der Waals surface area (Å²) in [5.41, 5.74) is 9.77. The molecule has 148 valence electrons. The number of carbonyl (C=O) groups is 1. The number of aromatic nitrogens is 2. The maximum absolute atomic E-state index is 12.6. The van der Waals surface area contributed by atoms with Gasteiger partial charge in [-0.2, -0.15) is 0 Å². The van der Waals surface area contributed by atoms with Crippen LogP contribution in [0.3, 0.4) is 0 Å². The molecule has 3 aromatic rings. The van der Waals surface area contributed by atoms with E-state index in [1.807, 2.05) is 39.0 Å². The van der Waals surface area contributed by atoms with E-state index < -0.39 is 0 Å². The highest BCUT2D eigenvalue weighted by molar-refractivity contribution is 6.39. The number of nitrogen functional groups attached to an aromatic ring is 1. The van der Waals surface area contributed by atoms with Crippen molar-refractivity contribution in [2.45, 2.75) is 40.0 Å². The monoisotopic (exact) mass is 420 g/mol. The van der Waals surface area contributed by atoms with Gasteiger partial charge in [0.1, 0.15) is 6.54 Å². The van der Waals surface area contributed by atoms with Crippen molar-refractivity contribution < 1.29 is 9.53 Å². The van der Waals surface area contributed by atoms with Gasteiger partial charge in [-0.3, -0.25) is 4.79 Å². The molecule has 3 N–H and O–H groups in total. The molecule has 0 aliphatic carbocycles. The van der Waals surface area contributed by atoms with Gasteiger partial charge in [0.05, 0.1) is 39.5 Å². The van der Waals surface area contributed by atoms with Gasteiger partial charge in [-0.25, -0.2) is 4.98 Å². The van der Waals surface area contributed by atoms with E-state index in [9.17, 15) is 4.79 Å². The minimum atomic E-state index is -0.303. The van der Waals surface area contributed by atoms with Crippen LogP contribution in [0.4, 0.5) is 11.6 Å². The standard InChI is InChI=1S/C20H22Cl2N4O2/c1-11(2)28-10-13-7-14(21)19(15(22)8-13)24-17(27)9-26-16-6-4-5-12(3)18(16)25-20(26)23/h4-8,11H,9-10H2,1-3H3,(H2,23,25)(H,24,27). The fourth-order valence-corrected chi connectivity index (χ4v) is 3.51. The first-order chi connectivity index (χ1) is 13.3. The first-order valence-corrected chi connectivity index (χ1v) is 9.62. The van der Waals surface area contributed by atoms with Crippen LogP contribution in [0.2, 0.25) is 10.0 Å². The van der Waals surface area contributed by atoms with E-state index in [2.05, 4.69) is 10.3 Å². The molecule has 0 saturated heterocycles. The molecular formula is C20H22Cl2N4O2. The maximum Gasteiger partial charge on any atom is 0.244 e. The van der Waals surface area contributed by atoms with Gasteiger partial charge < -0.3 is 20.4 Å². The predicted octanol–water partition coefficient (Wildman–Crippen LogP) is 4.80. The van der Waals surface area contributed by atoms with Crippen LogP contribution in [0.1, 0.15) is 25.0 Å². The number of halogens is 2. The molecule has 0 radical (unpaired) electrons. The molecule has 0 saturated carbocycles. The van der Waals surface area contributed by atoms with Crippen LogP contribution in [0.15, 0.2) is 30.3 Å². The fraction of sp³-hybridized carbons (Fsp3) is 0.300. The lowest BCUT2D eigenvalue weighted by molar-refractivity contribution is -0.116. The molecule has 3 rings (SSSR count). The number of aryl methyl sites for hydroxylation is 1. The predicted molar refractivity (Wildman–Crippen MR) is 114 cm³/mol. The number of nitrogens with two attached hydrogens (primary N) is 1. The number of amides is 1. The summed E-state index contributed by atoms with van der Waals surface area (Å²) in [6.07, 6.45) is 0.0935. The van der Waals surface area contributed by atoms with Crippen LogP contribution in [0, 0.1) is 6.92 Å². The van der Waals surface area contributed by atoms with Crippen molar-refractivity contribution in [1.82, 2.24) is 9.55 Å². The molecule has 2 aromatic carbocycles. The fourth-order valence-electron chi connectivity index (χ4n) is 2.89. The molecule has 28 heavy (non-hydrogen) atoms. The molecule has 0 bridgehead atoms. The topological polar surface area (TPSA) is 82.2 Å². The molecule has 0 atom stereocenters. The molecule has 8 heteroatoms. The third-order valence-electron chi connectivity index (χ3n) is 4.26. The first-order valence-electron chi connectivity index (χ1n) is 8.87. The summed E-state index contributed by atoms with van der Waals surface area (Å²) in [5.74, 6) is -0.0275. The number of rotatable bonds is 6. The van der Waals surface area contributed by atoms with Gasteiger partial charge in [0.15, 0.2) is 0 Å². The average Bonchev–Trinajstić information content (AvgIpc) is 2.93. The second-order valence-electron chi connectivity index (χ2n) is 6.84. The average molecular weight is 421 g/mol. The van der Waals surface area contributed by atoms with Crippen LogP contribution in [0.25, 0.3) is 11.0 Å². The van der Waals surface area contributed by atoms with Crippen molar-refractivity contribution in [1.29, 1.82) is 0 Å². The summed E-state index contributed by atoms with van der Waals surface area (Å²) >= 11 is 12.6. The second kappa shape index (κ2) is 8.39. The summed E-state index contributed by atoms with van der Waals surface area (Å²) in [6.45, 7) is 6.23. The summed E-state index contributed by atoms with van der Waals surface area (Å²) in [7, 11) is 0. The molecule has 1 amide bonds. The highest BCUT2D eigenvalue weighted by Crippen LogP contribution is 2.32. The van der Waals surface area contributed by atoms with Crippen LogP contribution in [-0.2, 0) is 22.7 Å². The summed E-state index contributed by atoms with van der Waals surface area (Å²) in [6, 6.07) is 9.19. The molecule has 6 nitrogen and oxygen atoms in total. The van der Waals surface area contributed by atoms with Crippen LogP contribution in [-0.4, -0.2) is 21.6 Å². The smallest absolute Gasteiger partial charge is 0.244 e. The Hall–Kier alpha value is -2.28. The molecular weight excluding hydrogens is 399 g/mol. The summed E-state index contributed by atoms with van der Waals surface area (Å²) in [5, 5.41) is 3.47. The number of benzene rings is 2.